The van der Waals surface area contributed by atoms with Gasteiger partial charge >= 0.3 is 23.9 Å². The molecule has 0 radical (unpaired) electrons. The lowest BCUT2D eigenvalue weighted by molar-refractivity contribution is -0.197. The van der Waals surface area contributed by atoms with Crippen molar-refractivity contribution in [3.05, 3.63) is 0 Å². The Kier molecular flexibility index (Phi) is 28.4. The van der Waals surface area contributed by atoms with Gasteiger partial charge in [0.2, 0.25) is 23.6 Å². The van der Waals surface area contributed by atoms with Crippen molar-refractivity contribution in [1.82, 2.24) is 41.5 Å². The maximum Gasteiger partial charge on any atom is 0.333 e. The number of nitrogens with zero attached hydrogens (tertiary/aromatic N) is 4. The SMILES string of the molecule is O=C(CCC(=O)ON1C(=O)CCC1=O)NCCCOCC(COCCCNC(=O)CCC(=O)ON1C(=O)CCC1=O)(COCCCNC(=O)CCC(=O)ON1C(=O)CCC1=O)COCCCNC(=O)CCC(=O)ON1C(=O)CCC1=O. The lowest BCUT2D eigenvalue weighted by atomic mass is 9.92. The van der Waals surface area contributed by atoms with Crippen molar-refractivity contribution in [3.63, 3.8) is 0 Å². The fourth-order valence-corrected chi connectivity index (χ4v) is 7.45. The number of hydrogen-bond donors (Lipinski definition) is 4. The zero-order valence-electron chi connectivity index (χ0n) is 44.7. The second-order valence-electron chi connectivity index (χ2n) is 18.7. The minimum Gasteiger partial charge on any atom is -0.381 e. The molecule has 4 saturated heterocycles. The van der Waals surface area contributed by atoms with Gasteiger partial charge in [0.1, 0.15) is 0 Å². The topological polar surface area (TPSA) is 408 Å². The highest BCUT2D eigenvalue weighted by molar-refractivity contribution is 6.03. The standard InChI is InChI=1S/C49H68N8O24/c58-33(5-17-45(70)78-54-37(62)9-10-38(54)63)50-21-1-25-74-29-49(30-75-26-2-22-51-34(59)6-18-46(71)79-55-39(64)11-12-40(55)65,31-76-27-3-23-52-35(60)7-19-47(72)80-56-41(66)13-14-42(56)67)32-77-28-4-24-53-36(61)8-20-48(73)81-57-43(68)15-16-44(57)69/h1-32H2,(H,50,58)(H,51,59)(H,52,60)(H,53,61). The van der Waals surface area contributed by atoms with E-state index < -0.39 is 126 Å². The number of hydrogen-bond acceptors (Lipinski definition) is 24. The first-order chi connectivity index (χ1) is 38.7. The van der Waals surface area contributed by atoms with Crippen LogP contribution < -0.4 is 21.3 Å². The molecule has 81 heavy (non-hydrogen) atoms. The highest BCUT2D eigenvalue weighted by Crippen LogP contribution is 2.22. The molecule has 0 atom stereocenters. The summed E-state index contributed by atoms with van der Waals surface area (Å²) in [6.45, 7) is 0.613. The molecule has 0 aromatic carbocycles. The van der Waals surface area contributed by atoms with E-state index in [0.717, 1.165) is 0 Å². The normalized spacial score (nSPS) is 15.4. The van der Waals surface area contributed by atoms with Gasteiger partial charge in [-0.3, -0.25) is 57.5 Å². The van der Waals surface area contributed by atoms with Crippen LogP contribution in [0.1, 0.15) is 128 Å². The molecular formula is C49H68N8O24. The number of nitrogens with one attached hydrogen (secondary N) is 4. The van der Waals surface area contributed by atoms with E-state index in [1.54, 1.807) is 0 Å². The first-order valence-corrected chi connectivity index (χ1v) is 26.4. The van der Waals surface area contributed by atoms with Crippen molar-refractivity contribution in [2.24, 2.45) is 5.41 Å². The Morgan fingerprint density at radius 2 is 0.494 bits per heavy atom. The minimum atomic E-state index is -1.05. The van der Waals surface area contributed by atoms with Crippen molar-refractivity contribution in [3.8, 4) is 0 Å². The van der Waals surface area contributed by atoms with Crippen LogP contribution in [-0.4, -0.2) is 194 Å². The summed E-state index contributed by atoms with van der Waals surface area (Å²) < 4.78 is 24.2. The predicted molar refractivity (Wildman–Crippen MR) is 262 cm³/mol. The quantitative estimate of drug-likeness (QED) is 0.0367. The maximum atomic E-state index is 12.5. The first-order valence-electron chi connectivity index (χ1n) is 26.4. The van der Waals surface area contributed by atoms with E-state index in [0.29, 0.717) is 20.3 Å². The van der Waals surface area contributed by atoms with Crippen molar-refractivity contribution in [1.29, 1.82) is 0 Å². The van der Waals surface area contributed by atoms with Gasteiger partial charge in [-0.2, -0.15) is 0 Å². The number of amides is 12. The monoisotopic (exact) mass is 1150 g/mol. The molecule has 0 aliphatic carbocycles. The van der Waals surface area contributed by atoms with Crippen LogP contribution in [0.25, 0.3) is 0 Å². The number of rotatable bonds is 40. The van der Waals surface area contributed by atoms with Crippen LogP contribution in [0.2, 0.25) is 0 Å². The van der Waals surface area contributed by atoms with E-state index >= 15 is 0 Å². The van der Waals surface area contributed by atoms with Crippen LogP contribution in [0.4, 0.5) is 0 Å². The Morgan fingerprint density at radius 1 is 0.309 bits per heavy atom. The van der Waals surface area contributed by atoms with E-state index in [-0.39, 0.29) is 182 Å². The summed E-state index contributed by atoms with van der Waals surface area (Å²) in [6.07, 6.45) is -2.29. The number of imide groups is 4. The fraction of sp³-hybridized carbons (Fsp3) is 0.673. The van der Waals surface area contributed by atoms with Gasteiger partial charge in [0.25, 0.3) is 47.3 Å². The summed E-state index contributed by atoms with van der Waals surface area (Å²) >= 11 is 0. The summed E-state index contributed by atoms with van der Waals surface area (Å²) in [5, 5.41) is 12.1. The molecule has 4 heterocycles. The van der Waals surface area contributed by atoms with E-state index in [1.807, 2.05) is 0 Å². The van der Waals surface area contributed by atoms with Gasteiger partial charge in [0.15, 0.2) is 0 Å². The molecule has 0 bridgehead atoms. The van der Waals surface area contributed by atoms with Crippen LogP contribution in [-0.2, 0) is 115 Å². The lowest BCUT2D eigenvalue weighted by Gasteiger charge is -2.33. The average Bonchev–Trinajstić information content (AvgIpc) is 4.18. The van der Waals surface area contributed by atoms with Gasteiger partial charge < -0.3 is 59.6 Å². The van der Waals surface area contributed by atoms with Gasteiger partial charge in [-0.15, -0.1) is 20.3 Å². The molecule has 32 heteroatoms. The van der Waals surface area contributed by atoms with Crippen LogP contribution >= 0.6 is 0 Å². The second kappa shape index (κ2) is 35.0. The Labute approximate surface area is 463 Å². The molecule has 4 aliphatic heterocycles. The minimum absolute atomic E-state index is 0.0505. The van der Waals surface area contributed by atoms with Crippen molar-refractivity contribution in [2.45, 2.75) is 128 Å². The van der Waals surface area contributed by atoms with E-state index in [1.165, 1.54) is 0 Å². The number of carbonyl (C=O) groups is 16. The fourth-order valence-electron chi connectivity index (χ4n) is 7.45. The predicted octanol–water partition coefficient (Wildman–Crippen LogP) is -2.39. The van der Waals surface area contributed by atoms with Gasteiger partial charge in [0.05, 0.1) is 57.5 Å². The zero-order valence-corrected chi connectivity index (χ0v) is 44.7. The first kappa shape index (κ1) is 65.7. The molecule has 0 saturated carbocycles. The molecule has 0 spiro atoms. The Morgan fingerprint density at radius 3 is 0.679 bits per heavy atom. The third-order valence-electron chi connectivity index (χ3n) is 11.8. The second-order valence-corrected chi connectivity index (χ2v) is 18.7. The van der Waals surface area contributed by atoms with E-state index in [4.69, 9.17) is 38.3 Å². The van der Waals surface area contributed by atoms with Crippen molar-refractivity contribution < 1.29 is 115 Å². The Hall–Kier alpha value is -7.84. The molecule has 0 unspecified atom stereocenters. The highest BCUT2D eigenvalue weighted by atomic mass is 16.7. The lowest BCUT2D eigenvalue weighted by Crippen LogP contribution is -2.42. The summed E-state index contributed by atoms with van der Waals surface area (Å²) in [7, 11) is 0. The summed E-state index contributed by atoms with van der Waals surface area (Å²) in [4.78, 5) is 211. The van der Waals surface area contributed by atoms with E-state index in [9.17, 15) is 76.7 Å². The molecule has 4 rings (SSSR count). The third-order valence-corrected chi connectivity index (χ3v) is 11.8. The van der Waals surface area contributed by atoms with Crippen LogP contribution in [0.5, 0.6) is 0 Å². The van der Waals surface area contributed by atoms with Crippen LogP contribution in [0, 0.1) is 5.41 Å². The number of ether oxygens (including phenoxy) is 4. The van der Waals surface area contributed by atoms with E-state index in [2.05, 4.69) is 21.3 Å². The molecule has 4 fully saturated rings. The van der Waals surface area contributed by atoms with Crippen LogP contribution in [0.15, 0.2) is 0 Å². The Bertz CT molecular complexity index is 1960. The van der Waals surface area contributed by atoms with Crippen LogP contribution in [0.3, 0.4) is 0 Å². The summed E-state index contributed by atoms with van der Waals surface area (Å²) in [5.41, 5.74) is -1.05. The molecule has 448 valence electrons. The van der Waals surface area contributed by atoms with Gasteiger partial charge in [0, 0.05) is 130 Å². The summed E-state index contributed by atoms with van der Waals surface area (Å²) in [6, 6.07) is 0. The number of carbonyl (C=O) groups excluding carboxylic acids is 16. The van der Waals surface area contributed by atoms with Gasteiger partial charge in [-0.1, -0.05) is 0 Å². The maximum absolute atomic E-state index is 12.5. The van der Waals surface area contributed by atoms with Crippen molar-refractivity contribution >= 4 is 94.8 Å². The van der Waals surface area contributed by atoms with Crippen molar-refractivity contribution in [2.75, 3.05) is 79.0 Å². The molecule has 0 aromatic rings. The third kappa shape index (κ3) is 24.6. The Balaban J connectivity index is 1.28. The zero-order chi connectivity index (χ0) is 59.2. The van der Waals surface area contributed by atoms with Gasteiger partial charge in [-0.25, -0.2) is 19.2 Å². The average molecular weight is 1150 g/mol. The number of hydroxylamine groups is 8. The smallest absolute Gasteiger partial charge is 0.333 e. The van der Waals surface area contributed by atoms with Gasteiger partial charge in [-0.05, 0) is 25.7 Å². The molecule has 4 N–H and O–H groups in total. The highest BCUT2D eigenvalue weighted by Gasteiger charge is 2.37. The molecular weight excluding hydrogens is 1080 g/mol. The molecule has 0 aromatic heterocycles. The molecule has 32 nitrogen and oxygen atoms in total. The molecule has 12 amide bonds. The largest absolute Gasteiger partial charge is 0.381 e. The summed E-state index contributed by atoms with van der Waals surface area (Å²) in [5.74, 6) is -11.1. The molecule has 4 aliphatic rings.